The molecule has 0 bridgehead atoms. The molecule has 2 N–H and O–H groups in total. The van der Waals surface area contributed by atoms with Crippen LogP contribution in [0.2, 0.25) is 0 Å². The van der Waals surface area contributed by atoms with Crippen LogP contribution in [0.1, 0.15) is 21.5 Å². The van der Waals surface area contributed by atoms with Crippen LogP contribution in [-0.2, 0) is 13.0 Å². The number of nitrogens with zero attached hydrogens (tertiary/aromatic N) is 1. The van der Waals surface area contributed by atoms with Gasteiger partial charge < -0.3 is 10.6 Å². The van der Waals surface area contributed by atoms with Crippen LogP contribution in [0.3, 0.4) is 0 Å². The maximum atomic E-state index is 12.8. The van der Waals surface area contributed by atoms with E-state index in [-0.39, 0.29) is 5.91 Å². The van der Waals surface area contributed by atoms with E-state index in [0.717, 1.165) is 34.7 Å². The molecule has 0 aliphatic carbocycles. The molecule has 0 saturated carbocycles. The normalized spacial score (nSPS) is 13.9. The highest BCUT2D eigenvalue weighted by Crippen LogP contribution is 2.27. The second kappa shape index (κ2) is 5.82. The molecule has 108 valence electrons. The van der Waals surface area contributed by atoms with E-state index in [0.29, 0.717) is 6.54 Å². The Kier molecular flexibility index (Phi) is 3.88. The van der Waals surface area contributed by atoms with Crippen LogP contribution < -0.4 is 5.73 Å². The summed E-state index contributed by atoms with van der Waals surface area (Å²) in [6.45, 7) is 1.37. The van der Waals surface area contributed by atoms with Crippen molar-refractivity contribution in [2.24, 2.45) is 0 Å². The first-order valence-electron chi connectivity index (χ1n) is 6.99. The molecule has 1 amide bonds. The second-order valence-corrected chi connectivity index (χ2v) is 6.01. The molecule has 0 fully saturated rings. The topological polar surface area (TPSA) is 46.3 Å². The minimum absolute atomic E-state index is 0.105. The van der Waals surface area contributed by atoms with Gasteiger partial charge in [0.05, 0.1) is 5.56 Å². The van der Waals surface area contributed by atoms with Crippen LogP contribution in [0.25, 0.3) is 0 Å². The van der Waals surface area contributed by atoms with Crippen molar-refractivity contribution >= 4 is 23.4 Å². The number of benzene rings is 2. The molecule has 2 aromatic rings. The van der Waals surface area contributed by atoms with Crippen LogP contribution in [0.15, 0.2) is 47.4 Å². The summed E-state index contributed by atoms with van der Waals surface area (Å²) in [7, 11) is 0. The molecule has 0 unspecified atom stereocenters. The molecule has 0 saturated heterocycles. The Morgan fingerprint density at radius 2 is 2.00 bits per heavy atom. The molecule has 0 spiro atoms. The third kappa shape index (κ3) is 2.63. The molecule has 4 heteroatoms. The third-order valence-corrected chi connectivity index (χ3v) is 4.72. The van der Waals surface area contributed by atoms with E-state index in [1.54, 1.807) is 11.8 Å². The number of carbonyl (C=O) groups excluding carboxylic acids is 1. The number of nitrogens with two attached hydrogens (primary N) is 1. The minimum Gasteiger partial charge on any atom is -0.398 e. The van der Waals surface area contributed by atoms with E-state index in [1.165, 1.54) is 5.56 Å². The molecule has 1 aliphatic rings. The number of fused-ring (bicyclic) bond motifs is 1. The van der Waals surface area contributed by atoms with Crippen molar-refractivity contribution < 1.29 is 4.79 Å². The second-order valence-electron chi connectivity index (χ2n) is 5.16. The van der Waals surface area contributed by atoms with Gasteiger partial charge in [-0.3, -0.25) is 4.79 Å². The van der Waals surface area contributed by atoms with E-state index in [2.05, 4.69) is 6.07 Å². The largest absolute Gasteiger partial charge is 0.398 e. The fourth-order valence-corrected chi connectivity index (χ4v) is 3.39. The van der Waals surface area contributed by atoms with Gasteiger partial charge in [-0.2, -0.15) is 0 Å². The first kappa shape index (κ1) is 14.0. The number of nitrogen functional groups attached to an aromatic ring is 1. The Balaban J connectivity index is 1.88. The minimum atomic E-state index is 0.105. The van der Waals surface area contributed by atoms with Gasteiger partial charge in [-0.15, -0.1) is 11.8 Å². The number of anilines is 1. The van der Waals surface area contributed by atoms with Crippen LogP contribution in [0, 0.1) is 0 Å². The molecule has 0 radical (unpaired) electrons. The summed E-state index contributed by atoms with van der Waals surface area (Å²) in [5.74, 6) is 0.105. The van der Waals surface area contributed by atoms with E-state index in [4.69, 9.17) is 5.73 Å². The van der Waals surface area contributed by atoms with Gasteiger partial charge >= 0.3 is 0 Å². The zero-order valence-corrected chi connectivity index (χ0v) is 12.8. The number of rotatable bonds is 2. The Hall–Kier alpha value is -1.94. The lowest BCUT2D eigenvalue weighted by Gasteiger charge is -2.30. The smallest absolute Gasteiger partial charge is 0.255 e. The monoisotopic (exact) mass is 298 g/mol. The standard InChI is InChI=1S/C17H18N2OS/c1-21-16-8-3-2-6-14(16)17(20)19-10-9-13-12(11-19)5-4-7-15(13)18/h2-8H,9-11,18H2,1H3. The molecule has 0 atom stereocenters. The quantitative estimate of drug-likeness (QED) is 0.684. The number of thioether (sulfide) groups is 1. The zero-order valence-electron chi connectivity index (χ0n) is 12.0. The average molecular weight is 298 g/mol. The fourth-order valence-electron chi connectivity index (χ4n) is 2.80. The number of hydrogen-bond donors (Lipinski definition) is 1. The van der Waals surface area contributed by atoms with Crippen molar-refractivity contribution in [1.82, 2.24) is 4.90 Å². The highest BCUT2D eigenvalue weighted by molar-refractivity contribution is 7.98. The number of amides is 1. The lowest BCUT2D eigenvalue weighted by Crippen LogP contribution is -2.36. The summed E-state index contributed by atoms with van der Waals surface area (Å²) in [6, 6.07) is 13.7. The van der Waals surface area contributed by atoms with E-state index >= 15 is 0 Å². The third-order valence-electron chi connectivity index (χ3n) is 3.93. The lowest BCUT2D eigenvalue weighted by atomic mass is 9.97. The van der Waals surface area contributed by atoms with Crippen LogP contribution in [0.4, 0.5) is 5.69 Å². The van der Waals surface area contributed by atoms with Crippen molar-refractivity contribution in [3.63, 3.8) is 0 Å². The molecular weight excluding hydrogens is 280 g/mol. The predicted molar refractivity (Wildman–Crippen MR) is 87.5 cm³/mol. The van der Waals surface area contributed by atoms with Gasteiger partial charge in [-0.25, -0.2) is 0 Å². The SMILES string of the molecule is CSc1ccccc1C(=O)N1CCc2c(N)cccc2C1. The molecule has 3 rings (SSSR count). The maximum absolute atomic E-state index is 12.8. The molecule has 3 nitrogen and oxygen atoms in total. The summed E-state index contributed by atoms with van der Waals surface area (Å²) >= 11 is 1.61. The fraction of sp³-hybridized carbons (Fsp3) is 0.235. The zero-order chi connectivity index (χ0) is 14.8. The summed E-state index contributed by atoms with van der Waals surface area (Å²) in [4.78, 5) is 15.7. The van der Waals surface area contributed by atoms with Crippen LogP contribution in [0.5, 0.6) is 0 Å². The van der Waals surface area contributed by atoms with Gasteiger partial charge in [-0.05, 0) is 42.0 Å². The van der Waals surface area contributed by atoms with Gasteiger partial charge in [0.15, 0.2) is 0 Å². The predicted octanol–water partition coefficient (Wildman–Crippen LogP) is 3.19. The van der Waals surface area contributed by atoms with Crippen molar-refractivity contribution in [2.75, 3.05) is 18.5 Å². The molecule has 1 heterocycles. The van der Waals surface area contributed by atoms with Gasteiger partial charge in [0.1, 0.15) is 0 Å². The number of hydrogen-bond acceptors (Lipinski definition) is 3. The van der Waals surface area contributed by atoms with Crippen molar-refractivity contribution in [3.8, 4) is 0 Å². The Morgan fingerprint density at radius 1 is 1.19 bits per heavy atom. The number of carbonyl (C=O) groups is 1. The molecule has 1 aliphatic heterocycles. The maximum Gasteiger partial charge on any atom is 0.255 e. The Labute approximate surface area is 129 Å². The first-order chi connectivity index (χ1) is 10.2. The van der Waals surface area contributed by atoms with E-state index < -0.39 is 0 Å². The Bertz CT molecular complexity index is 684. The van der Waals surface area contributed by atoms with E-state index in [9.17, 15) is 4.79 Å². The van der Waals surface area contributed by atoms with Gasteiger partial charge in [-0.1, -0.05) is 24.3 Å². The summed E-state index contributed by atoms with van der Waals surface area (Å²) < 4.78 is 0. The van der Waals surface area contributed by atoms with E-state index in [1.807, 2.05) is 47.6 Å². The summed E-state index contributed by atoms with van der Waals surface area (Å²) in [5.41, 5.74) is 10.00. The van der Waals surface area contributed by atoms with Crippen molar-refractivity contribution in [2.45, 2.75) is 17.9 Å². The molecule has 2 aromatic carbocycles. The average Bonchev–Trinajstić information content (AvgIpc) is 2.54. The van der Waals surface area contributed by atoms with Crippen molar-refractivity contribution in [3.05, 3.63) is 59.2 Å². The van der Waals surface area contributed by atoms with Gasteiger partial charge in [0, 0.05) is 23.7 Å². The highest BCUT2D eigenvalue weighted by atomic mass is 32.2. The molecule has 0 aromatic heterocycles. The Morgan fingerprint density at radius 3 is 2.81 bits per heavy atom. The highest BCUT2D eigenvalue weighted by Gasteiger charge is 2.24. The molecule has 21 heavy (non-hydrogen) atoms. The van der Waals surface area contributed by atoms with Crippen LogP contribution in [-0.4, -0.2) is 23.6 Å². The molecular formula is C17H18N2OS. The van der Waals surface area contributed by atoms with Gasteiger partial charge in [0.2, 0.25) is 0 Å². The van der Waals surface area contributed by atoms with Crippen molar-refractivity contribution in [1.29, 1.82) is 0 Å². The van der Waals surface area contributed by atoms with Gasteiger partial charge in [0.25, 0.3) is 5.91 Å². The van der Waals surface area contributed by atoms with Crippen LogP contribution >= 0.6 is 11.8 Å². The first-order valence-corrected chi connectivity index (χ1v) is 8.21. The summed E-state index contributed by atoms with van der Waals surface area (Å²) in [6.07, 6.45) is 2.83. The lowest BCUT2D eigenvalue weighted by molar-refractivity contribution is 0.0731. The summed E-state index contributed by atoms with van der Waals surface area (Å²) in [5, 5.41) is 0.